The fraction of sp³-hybridized carbons (Fsp3) is 0.118. The molecule has 0 radical (unpaired) electrons. The van der Waals surface area contributed by atoms with Crippen molar-refractivity contribution in [1.82, 2.24) is 0 Å². The molecule has 106 valence electrons. The second-order valence-corrected chi connectivity index (χ2v) is 7.08. The number of aromatic nitrogens is 1. The summed E-state index contributed by atoms with van der Waals surface area (Å²) in [7, 11) is 0. The molecule has 0 saturated heterocycles. The highest BCUT2D eigenvalue weighted by Gasteiger charge is 2.29. The fourth-order valence-electron chi connectivity index (χ4n) is 2.63. The molecule has 0 amide bonds. The summed E-state index contributed by atoms with van der Waals surface area (Å²) in [5.74, 6) is 0. The number of para-hydroxylation sites is 1. The van der Waals surface area contributed by atoms with Gasteiger partial charge < -0.3 is 17.0 Å². The first-order valence-corrected chi connectivity index (χ1v) is 8.47. The highest BCUT2D eigenvalue weighted by molar-refractivity contribution is 7.99. The number of rotatable bonds is 1. The zero-order chi connectivity index (χ0) is 13.4. The van der Waals surface area contributed by atoms with E-state index in [1.807, 2.05) is 23.1 Å². The zero-order valence-electron chi connectivity index (χ0n) is 11.3. The van der Waals surface area contributed by atoms with Gasteiger partial charge in [-0.25, -0.2) is 0 Å². The van der Waals surface area contributed by atoms with Gasteiger partial charge in [-0.05, 0) is 11.6 Å². The predicted octanol–water partition coefficient (Wildman–Crippen LogP) is 1.42. The Bertz CT molecular complexity index is 739. The number of hydrogen-bond donors (Lipinski definition) is 0. The van der Waals surface area contributed by atoms with E-state index in [2.05, 4.69) is 70.7 Å². The largest absolute Gasteiger partial charge is 1.00 e. The maximum atomic E-state index is 2.34. The van der Waals surface area contributed by atoms with Gasteiger partial charge in [-0.1, -0.05) is 53.8 Å². The average Bonchev–Trinajstić information content (AvgIpc) is 2.90. The molecule has 2 aromatic carbocycles. The number of benzene rings is 2. The summed E-state index contributed by atoms with van der Waals surface area (Å²) >= 11 is 3.83. The number of hydrogen-bond acceptors (Lipinski definition) is 2. The van der Waals surface area contributed by atoms with E-state index in [1.54, 1.807) is 0 Å². The molecule has 0 saturated carbocycles. The van der Waals surface area contributed by atoms with E-state index in [4.69, 9.17) is 0 Å². The fourth-order valence-corrected chi connectivity index (χ4v) is 4.90. The Kier molecular flexibility index (Phi) is 4.48. The van der Waals surface area contributed by atoms with Crippen molar-refractivity contribution in [3.05, 3.63) is 76.7 Å². The van der Waals surface area contributed by atoms with E-state index in [-0.39, 0.29) is 17.0 Å². The minimum absolute atomic E-state index is 0. The molecule has 21 heavy (non-hydrogen) atoms. The van der Waals surface area contributed by atoms with Crippen LogP contribution in [0.3, 0.4) is 0 Å². The van der Waals surface area contributed by atoms with E-state index in [9.17, 15) is 0 Å². The van der Waals surface area contributed by atoms with Crippen molar-refractivity contribution < 1.29 is 21.5 Å². The molecular weight excluding hydrogens is 362 g/mol. The number of thioether (sulfide) groups is 1. The molecule has 1 nitrogen and oxygen atoms in total. The highest BCUT2D eigenvalue weighted by Crippen LogP contribution is 2.41. The first-order valence-electron chi connectivity index (χ1n) is 6.71. The van der Waals surface area contributed by atoms with Crippen LogP contribution in [0.1, 0.15) is 15.8 Å². The van der Waals surface area contributed by atoms with Crippen LogP contribution in [-0.4, -0.2) is 0 Å². The molecule has 1 aromatic heterocycles. The van der Waals surface area contributed by atoms with E-state index in [0.29, 0.717) is 5.25 Å². The third-order valence-electron chi connectivity index (χ3n) is 3.61. The van der Waals surface area contributed by atoms with Gasteiger partial charge in [-0.2, -0.15) is 4.57 Å². The average molecular weight is 376 g/mol. The lowest BCUT2D eigenvalue weighted by Crippen LogP contribution is -3.00. The van der Waals surface area contributed by atoms with Crippen LogP contribution in [-0.2, 0) is 6.42 Å². The molecule has 4 heteroatoms. The van der Waals surface area contributed by atoms with Crippen molar-refractivity contribution in [2.75, 3.05) is 0 Å². The zero-order valence-corrected chi connectivity index (χ0v) is 14.5. The smallest absolute Gasteiger partial charge is 0.244 e. The first-order chi connectivity index (χ1) is 9.92. The molecule has 3 aromatic rings. The van der Waals surface area contributed by atoms with Crippen LogP contribution < -0.4 is 21.5 Å². The number of nitrogens with zero attached hydrogens (tertiary/aromatic N) is 1. The molecule has 2 heterocycles. The summed E-state index contributed by atoms with van der Waals surface area (Å²) in [6.45, 7) is 0. The highest BCUT2D eigenvalue weighted by atomic mass is 79.9. The van der Waals surface area contributed by atoms with Crippen LogP contribution in [0, 0.1) is 0 Å². The Hall–Kier alpha value is -1.10. The third kappa shape index (κ3) is 2.80. The standard InChI is InChI=1S/C17H14NS2.BrH/c1-2-6-13(7-3-1)16-12-17-18(10-11-19-17)14-8-4-5-9-15(14)20-16;/h1-11,16H,12H2;1H/q+1;/p-1. The van der Waals surface area contributed by atoms with E-state index < -0.39 is 0 Å². The second-order valence-electron chi connectivity index (χ2n) is 4.86. The van der Waals surface area contributed by atoms with Crippen molar-refractivity contribution in [2.24, 2.45) is 0 Å². The second kappa shape index (κ2) is 6.34. The van der Waals surface area contributed by atoms with Crippen LogP contribution in [0.25, 0.3) is 5.69 Å². The van der Waals surface area contributed by atoms with Gasteiger partial charge in [0.05, 0.1) is 16.7 Å². The SMILES string of the molecule is [Br-].c1ccc(C2Cc3scc[n+]3-c3ccccc3S2)cc1. The summed E-state index contributed by atoms with van der Waals surface area (Å²) in [6.07, 6.45) is 3.27. The molecule has 1 aliphatic rings. The summed E-state index contributed by atoms with van der Waals surface area (Å²) in [4.78, 5) is 1.36. The van der Waals surface area contributed by atoms with Crippen LogP contribution >= 0.6 is 23.1 Å². The Morgan fingerprint density at radius 2 is 1.71 bits per heavy atom. The minimum Gasteiger partial charge on any atom is -1.00 e. The molecule has 0 aliphatic carbocycles. The quantitative estimate of drug-likeness (QED) is 0.581. The van der Waals surface area contributed by atoms with E-state index >= 15 is 0 Å². The van der Waals surface area contributed by atoms with Crippen LogP contribution in [0.2, 0.25) is 0 Å². The van der Waals surface area contributed by atoms with Gasteiger partial charge >= 0.3 is 0 Å². The third-order valence-corrected chi connectivity index (χ3v) is 5.82. The molecule has 0 bridgehead atoms. The van der Waals surface area contributed by atoms with Gasteiger partial charge in [-0.15, -0.1) is 11.8 Å². The molecule has 0 N–H and O–H groups in total. The summed E-state index contributed by atoms with van der Waals surface area (Å²) < 4.78 is 2.34. The van der Waals surface area contributed by atoms with E-state index in [0.717, 1.165) is 6.42 Å². The predicted molar refractivity (Wildman–Crippen MR) is 84.6 cm³/mol. The molecule has 1 atom stereocenters. The van der Waals surface area contributed by atoms with E-state index in [1.165, 1.54) is 21.2 Å². The molecule has 1 unspecified atom stereocenters. The van der Waals surface area contributed by atoms with Crippen LogP contribution in [0.15, 0.2) is 71.1 Å². The maximum Gasteiger partial charge on any atom is 0.244 e. The van der Waals surface area contributed by atoms with Gasteiger partial charge in [0.2, 0.25) is 10.7 Å². The van der Waals surface area contributed by atoms with Crippen molar-refractivity contribution in [2.45, 2.75) is 16.6 Å². The van der Waals surface area contributed by atoms with Crippen molar-refractivity contribution >= 4 is 23.1 Å². The van der Waals surface area contributed by atoms with Gasteiger partial charge in [0.1, 0.15) is 0 Å². The van der Waals surface area contributed by atoms with Crippen molar-refractivity contribution in [3.8, 4) is 5.69 Å². The maximum absolute atomic E-state index is 2.34. The molecule has 4 rings (SSSR count). The monoisotopic (exact) mass is 375 g/mol. The topological polar surface area (TPSA) is 3.88 Å². The molecule has 0 fully saturated rings. The Labute approximate surface area is 143 Å². The van der Waals surface area contributed by atoms with Gasteiger partial charge in [0, 0.05) is 11.3 Å². The normalized spacial score (nSPS) is 16.3. The van der Waals surface area contributed by atoms with Crippen molar-refractivity contribution in [3.63, 3.8) is 0 Å². The summed E-state index contributed by atoms with van der Waals surface area (Å²) in [5.41, 5.74) is 2.72. The van der Waals surface area contributed by atoms with Crippen LogP contribution in [0.5, 0.6) is 0 Å². The lowest BCUT2D eigenvalue weighted by Gasteiger charge is -2.12. The Balaban J connectivity index is 0.00000132. The molecule has 1 aliphatic heterocycles. The van der Waals surface area contributed by atoms with Gasteiger partial charge in [0.25, 0.3) is 0 Å². The summed E-state index contributed by atoms with van der Waals surface area (Å²) in [6, 6.07) is 19.5. The van der Waals surface area contributed by atoms with Gasteiger partial charge in [-0.3, -0.25) is 0 Å². The molecule has 0 spiro atoms. The Morgan fingerprint density at radius 3 is 2.57 bits per heavy atom. The minimum atomic E-state index is 0. The van der Waals surface area contributed by atoms with Crippen molar-refractivity contribution in [1.29, 1.82) is 0 Å². The number of fused-ring (bicyclic) bond motifs is 3. The molecular formula is C17H14BrNS2. The lowest BCUT2D eigenvalue weighted by molar-refractivity contribution is -0.600. The van der Waals surface area contributed by atoms with Crippen LogP contribution in [0.4, 0.5) is 0 Å². The number of thiazole rings is 1. The van der Waals surface area contributed by atoms with Gasteiger partial charge in [0.15, 0.2) is 6.20 Å². The number of halogens is 1. The Morgan fingerprint density at radius 1 is 0.952 bits per heavy atom. The summed E-state index contributed by atoms with van der Waals surface area (Å²) in [5, 5.41) is 4.10. The lowest BCUT2D eigenvalue weighted by atomic mass is 10.1. The first kappa shape index (κ1) is 14.8.